The largest absolute Gasteiger partial charge is 0.494 e. The third-order valence-corrected chi connectivity index (χ3v) is 3.77. The molecule has 116 valence electrons. The van der Waals surface area contributed by atoms with Gasteiger partial charge in [0.25, 0.3) is 0 Å². The molecule has 1 aromatic carbocycles. The maximum absolute atomic E-state index is 10.2. The molecule has 2 rings (SSSR count). The fourth-order valence-electron chi connectivity index (χ4n) is 2.37. The Balaban J connectivity index is 2.62. The molecule has 4 N–H and O–H groups in total. The van der Waals surface area contributed by atoms with E-state index in [0.717, 1.165) is 22.9 Å². The van der Waals surface area contributed by atoms with Gasteiger partial charge in [-0.25, -0.2) is 4.99 Å². The van der Waals surface area contributed by atoms with E-state index in [1.807, 2.05) is 19.1 Å². The highest BCUT2D eigenvalue weighted by Gasteiger charge is 2.15. The number of hydrogen-bond donors (Lipinski definition) is 3. The molecule has 0 amide bonds. The first-order valence-electron chi connectivity index (χ1n) is 6.94. The van der Waals surface area contributed by atoms with Crippen LogP contribution in [-0.2, 0) is 6.42 Å². The van der Waals surface area contributed by atoms with Crippen LogP contribution < -0.4 is 5.73 Å². The number of nitrogens with zero attached hydrogens (tertiary/aromatic N) is 2. The van der Waals surface area contributed by atoms with Gasteiger partial charge in [-0.1, -0.05) is 18.5 Å². The summed E-state index contributed by atoms with van der Waals surface area (Å²) >= 11 is 6.28. The predicted octanol–water partition coefficient (Wildman–Crippen LogP) is 3.40. The molecule has 0 bridgehead atoms. The van der Waals surface area contributed by atoms with Crippen LogP contribution in [0.3, 0.4) is 0 Å². The molecule has 1 heterocycles. The Labute approximate surface area is 134 Å². The zero-order valence-electron chi connectivity index (χ0n) is 12.8. The van der Waals surface area contributed by atoms with Crippen LogP contribution in [0.1, 0.15) is 25.0 Å². The molecule has 0 aliphatic rings. The van der Waals surface area contributed by atoms with Gasteiger partial charge in [0.15, 0.2) is 5.88 Å². The van der Waals surface area contributed by atoms with Crippen molar-refractivity contribution in [3.63, 3.8) is 0 Å². The van der Waals surface area contributed by atoms with Crippen LogP contribution in [0, 0.1) is 0 Å². The maximum atomic E-state index is 10.2. The van der Waals surface area contributed by atoms with Crippen LogP contribution in [0.25, 0.3) is 10.9 Å². The summed E-state index contributed by atoms with van der Waals surface area (Å²) < 4.78 is 0. The average Bonchev–Trinajstić information content (AvgIpc) is 2.80. The van der Waals surface area contributed by atoms with Gasteiger partial charge in [0.1, 0.15) is 0 Å². The molecule has 0 aliphatic carbocycles. The number of aryl methyl sites for hydroxylation is 1. The van der Waals surface area contributed by atoms with E-state index in [4.69, 9.17) is 17.3 Å². The van der Waals surface area contributed by atoms with Gasteiger partial charge in [-0.15, -0.1) is 0 Å². The van der Waals surface area contributed by atoms with Gasteiger partial charge in [-0.2, -0.15) is 0 Å². The monoisotopic (exact) mass is 318 g/mol. The van der Waals surface area contributed by atoms with E-state index < -0.39 is 0 Å². The summed E-state index contributed by atoms with van der Waals surface area (Å²) in [6.45, 7) is 3.84. The number of benzene rings is 1. The molecule has 0 radical (unpaired) electrons. The third-order valence-electron chi connectivity index (χ3n) is 3.42. The van der Waals surface area contributed by atoms with Gasteiger partial charge in [0, 0.05) is 35.4 Å². The maximum Gasteiger partial charge on any atom is 0.198 e. The quantitative estimate of drug-likeness (QED) is 0.754. The van der Waals surface area contributed by atoms with E-state index in [9.17, 15) is 5.11 Å². The van der Waals surface area contributed by atoms with Gasteiger partial charge in [0.05, 0.1) is 17.0 Å². The Morgan fingerprint density at radius 1 is 1.45 bits per heavy atom. The predicted molar refractivity (Wildman–Crippen MR) is 93.2 cm³/mol. The Morgan fingerprint density at radius 2 is 2.18 bits per heavy atom. The number of fused-ring (bicyclic) bond motifs is 1. The molecular weight excluding hydrogens is 300 g/mol. The third kappa shape index (κ3) is 2.99. The molecule has 0 atom stereocenters. The zero-order valence-corrected chi connectivity index (χ0v) is 13.6. The van der Waals surface area contributed by atoms with Crippen molar-refractivity contribution in [1.29, 1.82) is 0 Å². The number of H-pyrrole nitrogens is 1. The van der Waals surface area contributed by atoms with Crippen LogP contribution >= 0.6 is 11.6 Å². The summed E-state index contributed by atoms with van der Waals surface area (Å²) in [6.07, 6.45) is 3.74. The number of halogens is 1. The highest BCUT2D eigenvalue weighted by molar-refractivity contribution is 6.32. The lowest BCUT2D eigenvalue weighted by Crippen LogP contribution is -1.98. The summed E-state index contributed by atoms with van der Waals surface area (Å²) in [6, 6.07) is 3.79. The lowest BCUT2D eigenvalue weighted by Gasteiger charge is -2.04. The van der Waals surface area contributed by atoms with Crippen molar-refractivity contribution in [3.8, 4) is 5.88 Å². The second-order valence-corrected chi connectivity index (χ2v) is 5.27. The number of allylic oxidation sites excluding steroid dienone is 1. The first-order chi connectivity index (χ1) is 10.5. The Bertz CT molecular complexity index is 787. The van der Waals surface area contributed by atoms with E-state index in [1.54, 1.807) is 20.2 Å². The molecule has 0 saturated heterocycles. The van der Waals surface area contributed by atoms with Crippen molar-refractivity contribution >= 4 is 34.4 Å². The van der Waals surface area contributed by atoms with Gasteiger partial charge in [-0.05, 0) is 31.0 Å². The summed E-state index contributed by atoms with van der Waals surface area (Å²) in [5.74, 6) is 0.0605. The summed E-state index contributed by atoms with van der Waals surface area (Å²) in [5, 5.41) is 11.7. The first-order valence-corrected chi connectivity index (χ1v) is 7.32. The zero-order chi connectivity index (χ0) is 16.3. The minimum absolute atomic E-state index is 0.0605. The number of nitrogens with one attached hydrogen (secondary N) is 1. The van der Waals surface area contributed by atoms with Crippen LogP contribution in [0.15, 0.2) is 34.0 Å². The van der Waals surface area contributed by atoms with Gasteiger partial charge < -0.3 is 15.8 Å². The summed E-state index contributed by atoms with van der Waals surface area (Å²) in [5.41, 5.74) is 9.13. The van der Waals surface area contributed by atoms with E-state index in [0.29, 0.717) is 22.0 Å². The smallest absolute Gasteiger partial charge is 0.198 e. The standard InChI is InChI=1S/C16H19ClN4O/c1-4-10-5-14-12(6-13(10)17)15(16(22)21-14)9(2)20-11(7-18)8-19-3/h5-8,21-22H,4,18H2,1-3H3. The molecular formula is C16H19ClN4O. The Morgan fingerprint density at radius 3 is 2.77 bits per heavy atom. The molecule has 5 nitrogen and oxygen atoms in total. The molecule has 22 heavy (non-hydrogen) atoms. The summed E-state index contributed by atoms with van der Waals surface area (Å²) in [7, 11) is 1.64. The molecule has 0 aliphatic heterocycles. The van der Waals surface area contributed by atoms with Crippen molar-refractivity contribution in [2.45, 2.75) is 20.3 Å². The molecule has 0 unspecified atom stereocenters. The van der Waals surface area contributed by atoms with Crippen LogP contribution in [0.2, 0.25) is 5.02 Å². The van der Waals surface area contributed by atoms with Gasteiger partial charge >= 0.3 is 0 Å². The van der Waals surface area contributed by atoms with E-state index in [2.05, 4.69) is 15.0 Å². The second kappa shape index (κ2) is 6.66. The van der Waals surface area contributed by atoms with Gasteiger partial charge in [0.2, 0.25) is 0 Å². The fourth-order valence-corrected chi connectivity index (χ4v) is 2.67. The number of aromatic amines is 1. The highest BCUT2D eigenvalue weighted by Crippen LogP contribution is 2.32. The van der Waals surface area contributed by atoms with E-state index in [-0.39, 0.29) is 5.88 Å². The highest BCUT2D eigenvalue weighted by atomic mass is 35.5. The van der Waals surface area contributed by atoms with Gasteiger partial charge in [-0.3, -0.25) is 4.99 Å². The van der Waals surface area contributed by atoms with Crippen LogP contribution in [0.4, 0.5) is 0 Å². The van der Waals surface area contributed by atoms with Crippen molar-refractivity contribution in [1.82, 2.24) is 4.98 Å². The van der Waals surface area contributed by atoms with E-state index >= 15 is 0 Å². The van der Waals surface area contributed by atoms with Crippen molar-refractivity contribution < 1.29 is 5.11 Å². The van der Waals surface area contributed by atoms with Crippen molar-refractivity contribution in [3.05, 3.63) is 40.2 Å². The fraction of sp³-hybridized carbons (Fsp3) is 0.250. The van der Waals surface area contributed by atoms with E-state index in [1.165, 1.54) is 6.20 Å². The lowest BCUT2D eigenvalue weighted by molar-refractivity contribution is 0.457. The van der Waals surface area contributed by atoms with Crippen molar-refractivity contribution in [2.75, 3.05) is 7.05 Å². The number of nitrogens with two attached hydrogens (primary N) is 1. The molecule has 2 aromatic rings. The molecule has 0 saturated carbocycles. The molecule has 1 aromatic heterocycles. The number of aliphatic imine (C=N–C) groups is 2. The topological polar surface area (TPSA) is 86.8 Å². The average molecular weight is 319 g/mol. The second-order valence-electron chi connectivity index (χ2n) is 4.87. The molecule has 0 spiro atoms. The minimum atomic E-state index is 0.0605. The Hall–Kier alpha value is -2.27. The molecule has 6 heteroatoms. The Kier molecular flexibility index (Phi) is 4.88. The number of aromatic hydroxyl groups is 1. The van der Waals surface area contributed by atoms with Crippen molar-refractivity contribution in [2.24, 2.45) is 15.7 Å². The first kappa shape index (κ1) is 16.1. The SMILES string of the molecule is CCc1cc2[nH]c(O)c(C(C)=NC(C=NC)=CN)c2cc1Cl. The normalized spacial score (nSPS) is 13.5. The summed E-state index contributed by atoms with van der Waals surface area (Å²) in [4.78, 5) is 11.2. The molecule has 0 fully saturated rings. The van der Waals surface area contributed by atoms with Crippen LogP contribution in [-0.4, -0.2) is 29.1 Å². The number of rotatable bonds is 4. The number of hydrogen-bond acceptors (Lipinski definition) is 4. The minimum Gasteiger partial charge on any atom is -0.494 e. The lowest BCUT2D eigenvalue weighted by atomic mass is 10.1. The number of aromatic nitrogens is 1. The van der Waals surface area contributed by atoms with Crippen LogP contribution in [0.5, 0.6) is 5.88 Å².